The van der Waals surface area contributed by atoms with Crippen LogP contribution in [0.1, 0.15) is 6.42 Å². The van der Waals surface area contributed by atoms with E-state index in [4.69, 9.17) is 9.47 Å². The Kier molecular flexibility index (Phi) is 5.06. The van der Waals surface area contributed by atoms with Crippen LogP contribution in [0.4, 0.5) is 0 Å². The average molecular weight is 364 g/mol. The number of hydrogen-bond donors (Lipinski definition) is 0. The highest BCUT2D eigenvalue weighted by Gasteiger charge is 2.34. The van der Waals surface area contributed by atoms with Gasteiger partial charge in [-0.25, -0.2) is 8.42 Å². The lowest BCUT2D eigenvalue weighted by atomic mass is 10.1. The van der Waals surface area contributed by atoms with Gasteiger partial charge in [-0.05, 0) is 30.5 Å². The van der Waals surface area contributed by atoms with Gasteiger partial charge in [-0.3, -0.25) is 0 Å². The molecular weight excluding hydrogens is 346 g/mol. The zero-order valence-electron chi connectivity index (χ0n) is 11.5. The molecule has 7 heteroatoms. The Hall–Kier alpha value is -0.630. The maximum Gasteiger partial charge on any atom is 0.246 e. The maximum atomic E-state index is 12.7. The summed E-state index contributed by atoms with van der Waals surface area (Å²) in [4.78, 5) is 0.201. The van der Waals surface area contributed by atoms with Crippen LogP contribution in [0.25, 0.3) is 0 Å². The van der Waals surface area contributed by atoms with E-state index in [1.165, 1.54) is 11.4 Å². The fraction of sp³-hybridized carbons (Fsp3) is 0.538. The molecule has 1 fully saturated rings. The zero-order chi connectivity index (χ0) is 14.8. The lowest BCUT2D eigenvalue weighted by Crippen LogP contribution is -2.29. The molecule has 1 unspecified atom stereocenters. The summed E-state index contributed by atoms with van der Waals surface area (Å²) < 4.78 is 37.9. The van der Waals surface area contributed by atoms with Gasteiger partial charge in [0.25, 0.3) is 0 Å². The number of rotatable bonds is 5. The van der Waals surface area contributed by atoms with Gasteiger partial charge in [-0.1, -0.05) is 15.9 Å². The van der Waals surface area contributed by atoms with Gasteiger partial charge in [0.2, 0.25) is 10.0 Å². The van der Waals surface area contributed by atoms with Crippen molar-refractivity contribution in [2.45, 2.75) is 11.3 Å². The van der Waals surface area contributed by atoms with Crippen LogP contribution in [0.5, 0.6) is 5.75 Å². The third-order valence-electron chi connectivity index (χ3n) is 3.39. The van der Waals surface area contributed by atoms with Gasteiger partial charge in [0, 0.05) is 24.7 Å². The average Bonchev–Trinajstić information content (AvgIpc) is 2.88. The van der Waals surface area contributed by atoms with Crippen molar-refractivity contribution in [3.05, 3.63) is 22.7 Å². The summed E-state index contributed by atoms with van der Waals surface area (Å²) in [5.41, 5.74) is 0. The van der Waals surface area contributed by atoms with E-state index in [1.54, 1.807) is 25.3 Å². The maximum absolute atomic E-state index is 12.7. The Morgan fingerprint density at radius 3 is 2.80 bits per heavy atom. The van der Waals surface area contributed by atoms with Crippen molar-refractivity contribution in [2.24, 2.45) is 5.92 Å². The van der Waals surface area contributed by atoms with Crippen molar-refractivity contribution >= 4 is 26.0 Å². The van der Waals surface area contributed by atoms with Gasteiger partial charge in [-0.2, -0.15) is 4.31 Å². The standard InChI is InChI=1S/C13H18BrNO4S/c1-18-9-10-5-6-15(8-10)20(16,17)13-7-11(14)3-4-12(13)19-2/h3-4,7,10H,5-6,8-9H2,1-2H3. The minimum Gasteiger partial charge on any atom is -0.495 e. The highest BCUT2D eigenvalue weighted by molar-refractivity contribution is 9.10. The van der Waals surface area contributed by atoms with Crippen LogP contribution in [0.3, 0.4) is 0 Å². The number of methoxy groups -OCH3 is 2. The predicted octanol–water partition coefficient (Wildman–Crippen LogP) is 2.11. The molecule has 0 spiro atoms. The number of ether oxygens (including phenoxy) is 2. The molecule has 0 aliphatic carbocycles. The van der Waals surface area contributed by atoms with E-state index in [0.29, 0.717) is 29.9 Å². The summed E-state index contributed by atoms with van der Waals surface area (Å²) in [6.45, 7) is 1.60. The highest BCUT2D eigenvalue weighted by Crippen LogP contribution is 2.32. The second-order valence-corrected chi connectivity index (χ2v) is 7.59. The first-order valence-electron chi connectivity index (χ1n) is 6.31. The van der Waals surface area contributed by atoms with Crippen molar-refractivity contribution in [1.29, 1.82) is 0 Å². The van der Waals surface area contributed by atoms with Gasteiger partial charge < -0.3 is 9.47 Å². The van der Waals surface area contributed by atoms with Gasteiger partial charge in [0.15, 0.2) is 0 Å². The lowest BCUT2D eigenvalue weighted by Gasteiger charge is -2.18. The van der Waals surface area contributed by atoms with E-state index in [2.05, 4.69) is 15.9 Å². The predicted molar refractivity (Wildman–Crippen MR) is 79.4 cm³/mol. The molecule has 1 aromatic rings. The molecule has 1 heterocycles. The van der Waals surface area contributed by atoms with Crippen LogP contribution in [0.2, 0.25) is 0 Å². The second-order valence-electron chi connectivity index (χ2n) is 4.77. The Balaban J connectivity index is 2.29. The summed E-state index contributed by atoms with van der Waals surface area (Å²) in [5.74, 6) is 0.622. The van der Waals surface area contributed by atoms with E-state index in [-0.39, 0.29) is 10.8 Å². The molecule has 0 radical (unpaired) electrons. The van der Waals surface area contributed by atoms with Crippen molar-refractivity contribution < 1.29 is 17.9 Å². The minimum atomic E-state index is -3.53. The molecule has 0 bridgehead atoms. The van der Waals surface area contributed by atoms with E-state index in [9.17, 15) is 8.42 Å². The van der Waals surface area contributed by atoms with Crippen LogP contribution in [-0.4, -0.2) is 46.6 Å². The molecule has 0 saturated carbocycles. The first-order valence-corrected chi connectivity index (χ1v) is 8.55. The number of nitrogens with zero attached hydrogens (tertiary/aromatic N) is 1. The summed E-state index contributed by atoms with van der Waals surface area (Å²) in [6.07, 6.45) is 0.823. The molecule has 112 valence electrons. The fourth-order valence-electron chi connectivity index (χ4n) is 2.38. The zero-order valence-corrected chi connectivity index (χ0v) is 13.9. The first-order chi connectivity index (χ1) is 9.48. The van der Waals surface area contributed by atoms with Gasteiger partial charge >= 0.3 is 0 Å². The van der Waals surface area contributed by atoms with Crippen molar-refractivity contribution in [3.8, 4) is 5.75 Å². The smallest absolute Gasteiger partial charge is 0.246 e. The van der Waals surface area contributed by atoms with Gasteiger partial charge in [-0.15, -0.1) is 0 Å². The Morgan fingerprint density at radius 2 is 2.15 bits per heavy atom. The number of halogens is 1. The summed E-state index contributed by atoms with van der Waals surface area (Å²) in [6, 6.07) is 4.99. The normalized spacial score (nSPS) is 20.2. The Labute approximate surface area is 128 Å². The number of benzene rings is 1. The van der Waals surface area contributed by atoms with Crippen LogP contribution < -0.4 is 4.74 Å². The van der Waals surface area contributed by atoms with Crippen molar-refractivity contribution in [1.82, 2.24) is 4.31 Å². The van der Waals surface area contributed by atoms with E-state index >= 15 is 0 Å². The third-order valence-corrected chi connectivity index (χ3v) is 5.77. The monoisotopic (exact) mass is 363 g/mol. The molecule has 1 aliphatic rings. The number of sulfonamides is 1. The molecule has 5 nitrogen and oxygen atoms in total. The summed E-state index contributed by atoms with van der Waals surface area (Å²) in [7, 11) is -0.427. The largest absolute Gasteiger partial charge is 0.495 e. The lowest BCUT2D eigenvalue weighted by molar-refractivity contribution is 0.157. The number of hydrogen-bond acceptors (Lipinski definition) is 4. The highest BCUT2D eigenvalue weighted by atomic mass is 79.9. The molecule has 0 aromatic heterocycles. The molecule has 0 amide bonds. The Bertz CT molecular complexity index is 576. The van der Waals surface area contributed by atoms with Crippen molar-refractivity contribution in [2.75, 3.05) is 33.9 Å². The second kappa shape index (κ2) is 6.43. The van der Waals surface area contributed by atoms with Crippen LogP contribution in [0.15, 0.2) is 27.6 Å². The van der Waals surface area contributed by atoms with Gasteiger partial charge in [0.05, 0.1) is 13.7 Å². The topological polar surface area (TPSA) is 55.8 Å². The molecule has 1 aromatic carbocycles. The minimum absolute atomic E-state index is 0.201. The first kappa shape index (κ1) is 15.8. The molecule has 1 aliphatic heterocycles. The molecule has 20 heavy (non-hydrogen) atoms. The molecule has 1 atom stereocenters. The van der Waals surface area contributed by atoms with Crippen molar-refractivity contribution in [3.63, 3.8) is 0 Å². The van der Waals surface area contributed by atoms with Crippen LogP contribution in [-0.2, 0) is 14.8 Å². The SMILES string of the molecule is COCC1CCN(S(=O)(=O)c2cc(Br)ccc2OC)C1. The van der Waals surface area contributed by atoms with E-state index in [0.717, 1.165) is 6.42 Å². The molecule has 2 rings (SSSR count). The van der Waals surface area contributed by atoms with Crippen LogP contribution in [0, 0.1) is 5.92 Å². The molecule has 0 N–H and O–H groups in total. The van der Waals surface area contributed by atoms with Crippen LogP contribution >= 0.6 is 15.9 Å². The summed E-state index contributed by atoms with van der Waals surface area (Å²) >= 11 is 3.30. The van der Waals surface area contributed by atoms with E-state index < -0.39 is 10.0 Å². The Morgan fingerprint density at radius 1 is 1.40 bits per heavy atom. The molecular formula is C13H18BrNO4S. The fourth-order valence-corrected chi connectivity index (χ4v) is 4.60. The van der Waals surface area contributed by atoms with Gasteiger partial charge in [0.1, 0.15) is 10.6 Å². The summed E-state index contributed by atoms with van der Waals surface area (Å²) in [5, 5.41) is 0. The third kappa shape index (κ3) is 3.16. The quantitative estimate of drug-likeness (QED) is 0.803. The van der Waals surface area contributed by atoms with E-state index in [1.807, 2.05) is 0 Å². The molecule has 1 saturated heterocycles.